The van der Waals surface area contributed by atoms with Crippen LogP contribution in [0.15, 0.2) is 0 Å². The second-order valence-electron chi connectivity index (χ2n) is 7.92. The van der Waals surface area contributed by atoms with Gasteiger partial charge >= 0.3 is 0 Å². The predicted octanol–water partition coefficient (Wildman–Crippen LogP) is 4.74. The van der Waals surface area contributed by atoms with Gasteiger partial charge in [0.25, 0.3) is 0 Å². The van der Waals surface area contributed by atoms with Gasteiger partial charge in [0.05, 0.1) is 0 Å². The third-order valence-corrected chi connectivity index (χ3v) is 6.25. The Morgan fingerprint density at radius 1 is 1.00 bits per heavy atom. The van der Waals surface area contributed by atoms with Crippen molar-refractivity contribution in [3.63, 3.8) is 0 Å². The van der Waals surface area contributed by atoms with Crippen molar-refractivity contribution in [1.29, 1.82) is 0 Å². The molecule has 15 heavy (non-hydrogen) atoms. The van der Waals surface area contributed by atoms with E-state index in [0.717, 1.165) is 17.8 Å². The Kier molecular flexibility index (Phi) is 2.15. The molecule has 0 aromatic rings. The van der Waals surface area contributed by atoms with Crippen molar-refractivity contribution in [1.82, 2.24) is 0 Å². The van der Waals surface area contributed by atoms with Crippen LogP contribution in [0.4, 0.5) is 0 Å². The van der Waals surface area contributed by atoms with Crippen LogP contribution in [0.5, 0.6) is 0 Å². The van der Waals surface area contributed by atoms with Crippen LogP contribution in [-0.2, 0) is 0 Å². The van der Waals surface area contributed by atoms with Gasteiger partial charge in [-0.05, 0) is 46.8 Å². The molecule has 4 unspecified atom stereocenters. The molecule has 0 radical (unpaired) electrons. The second kappa shape index (κ2) is 2.81. The van der Waals surface area contributed by atoms with Gasteiger partial charge in [-0.1, -0.05) is 48.5 Å². The lowest BCUT2D eigenvalue weighted by Crippen LogP contribution is -2.43. The maximum atomic E-state index is 2.56. The minimum Gasteiger partial charge on any atom is -0.0620 e. The average Bonchev–Trinajstić information content (AvgIpc) is 2.60. The maximum absolute atomic E-state index is 2.56. The van der Waals surface area contributed by atoms with Crippen LogP contribution >= 0.6 is 0 Å². The van der Waals surface area contributed by atoms with E-state index in [1.165, 1.54) is 12.8 Å². The van der Waals surface area contributed by atoms with Gasteiger partial charge in [-0.3, -0.25) is 0 Å². The molecule has 0 aromatic carbocycles. The van der Waals surface area contributed by atoms with Crippen LogP contribution in [-0.4, -0.2) is 0 Å². The van der Waals surface area contributed by atoms with Crippen LogP contribution in [0.2, 0.25) is 0 Å². The van der Waals surface area contributed by atoms with E-state index < -0.39 is 0 Å². The minimum absolute atomic E-state index is 0.448. The molecule has 2 fully saturated rings. The molecule has 0 nitrogen and oxygen atoms in total. The molecule has 0 aromatic heterocycles. The third-order valence-electron chi connectivity index (χ3n) is 6.25. The normalized spacial score (nSPS) is 48.6. The lowest BCUT2D eigenvalue weighted by atomic mass is 9.55. The van der Waals surface area contributed by atoms with Gasteiger partial charge < -0.3 is 0 Å². The number of rotatable bonds is 0. The van der Waals surface area contributed by atoms with Gasteiger partial charge in [0.15, 0.2) is 0 Å². The SMILES string of the molecule is CC1CCC2C(C2(C)C)C1(C)C(C)(C)C. The molecule has 0 N–H and O–H groups in total. The molecule has 0 heteroatoms. The number of fused-ring (bicyclic) bond motifs is 1. The molecule has 0 bridgehead atoms. The summed E-state index contributed by atoms with van der Waals surface area (Å²) < 4.78 is 0. The van der Waals surface area contributed by atoms with E-state index in [9.17, 15) is 0 Å². The highest BCUT2D eigenvalue weighted by molar-refractivity contribution is 5.17. The Bertz CT molecular complexity index is 268. The van der Waals surface area contributed by atoms with E-state index in [1.54, 1.807) is 0 Å². The van der Waals surface area contributed by atoms with Crippen LogP contribution in [0.25, 0.3) is 0 Å². The lowest BCUT2D eigenvalue weighted by Gasteiger charge is -2.50. The molecule has 88 valence electrons. The van der Waals surface area contributed by atoms with E-state index in [1.807, 2.05) is 0 Å². The summed E-state index contributed by atoms with van der Waals surface area (Å²) in [5, 5.41) is 0. The van der Waals surface area contributed by atoms with E-state index in [-0.39, 0.29) is 0 Å². The smallest absolute Gasteiger partial charge is 0.0215 e. The molecule has 0 heterocycles. The molecule has 0 spiro atoms. The first-order chi connectivity index (χ1) is 6.63. The molecule has 2 aliphatic carbocycles. The first-order valence-corrected chi connectivity index (χ1v) is 6.63. The molecular weight excluding hydrogens is 180 g/mol. The first-order valence-electron chi connectivity index (χ1n) is 6.63. The van der Waals surface area contributed by atoms with Crippen molar-refractivity contribution in [2.45, 2.75) is 61.3 Å². The zero-order chi connectivity index (χ0) is 11.6. The molecule has 2 rings (SSSR count). The molecular formula is C15H28. The van der Waals surface area contributed by atoms with Crippen molar-refractivity contribution in [2.75, 3.05) is 0 Å². The van der Waals surface area contributed by atoms with E-state index in [0.29, 0.717) is 16.2 Å². The van der Waals surface area contributed by atoms with E-state index in [4.69, 9.17) is 0 Å². The van der Waals surface area contributed by atoms with Gasteiger partial charge in [0, 0.05) is 0 Å². The largest absolute Gasteiger partial charge is 0.0620 e. The Labute approximate surface area is 95.8 Å². The standard InChI is InChI=1S/C15H28/c1-10-8-9-11-12(14(11,5)6)15(10,7)13(2,3)4/h10-12H,8-9H2,1-7H3. The zero-order valence-corrected chi connectivity index (χ0v) is 11.6. The van der Waals surface area contributed by atoms with Crippen LogP contribution in [0.1, 0.15) is 61.3 Å². The monoisotopic (exact) mass is 208 g/mol. The molecule has 0 amide bonds. The highest BCUT2D eigenvalue weighted by Gasteiger charge is 2.69. The van der Waals surface area contributed by atoms with Crippen molar-refractivity contribution in [3.05, 3.63) is 0 Å². The zero-order valence-electron chi connectivity index (χ0n) is 11.6. The summed E-state index contributed by atoms with van der Waals surface area (Å²) in [5.74, 6) is 2.87. The Morgan fingerprint density at radius 2 is 1.53 bits per heavy atom. The second-order valence-corrected chi connectivity index (χ2v) is 7.92. The summed E-state index contributed by atoms with van der Waals surface area (Å²) in [6, 6.07) is 0. The molecule has 4 atom stereocenters. The third kappa shape index (κ3) is 1.26. The fraction of sp³-hybridized carbons (Fsp3) is 1.00. The van der Waals surface area contributed by atoms with Crippen molar-refractivity contribution in [3.8, 4) is 0 Å². The lowest BCUT2D eigenvalue weighted by molar-refractivity contribution is -0.0161. The van der Waals surface area contributed by atoms with Crippen LogP contribution in [0, 0.1) is 34.0 Å². The first kappa shape index (κ1) is 11.5. The summed E-state index contributed by atoms with van der Waals surface area (Å²) >= 11 is 0. The average molecular weight is 208 g/mol. The van der Waals surface area contributed by atoms with E-state index >= 15 is 0 Å². The summed E-state index contributed by atoms with van der Waals surface area (Å²) in [7, 11) is 0. The number of hydrogen-bond acceptors (Lipinski definition) is 0. The maximum Gasteiger partial charge on any atom is -0.0215 e. The van der Waals surface area contributed by atoms with E-state index in [2.05, 4.69) is 48.5 Å². The summed E-state index contributed by atoms with van der Waals surface area (Å²) in [4.78, 5) is 0. The predicted molar refractivity (Wildman–Crippen MR) is 66.7 cm³/mol. The highest BCUT2D eigenvalue weighted by atomic mass is 14.7. The number of hydrogen-bond donors (Lipinski definition) is 0. The van der Waals surface area contributed by atoms with Crippen molar-refractivity contribution in [2.24, 2.45) is 34.0 Å². The summed E-state index contributed by atoms with van der Waals surface area (Å²) in [6.07, 6.45) is 2.92. The van der Waals surface area contributed by atoms with Gasteiger partial charge in [0.1, 0.15) is 0 Å². The van der Waals surface area contributed by atoms with Gasteiger partial charge in [-0.15, -0.1) is 0 Å². The topological polar surface area (TPSA) is 0 Å². The Balaban J connectivity index is 2.37. The summed E-state index contributed by atoms with van der Waals surface area (Å²) in [5.41, 5.74) is 1.61. The molecule has 2 aliphatic rings. The van der Waals surface area contributed by atoms with Crippen LogP contribution < -0.4 is 0 Å². The quantitative estimate of drug-likeness (QED) is 0.539. The molecule has 2 saturated carbocycles. The fourth-order valence-corrected chi connectivity index (χ4v) is 4.72. The van der Waals surface area contributed by atoms with Crippen molar-refractivity contribution < 1.29 is 0 Å². The van der Waals surface area contributed by atoms with Gasteiger partial charge in [-0.2, -0.15) is 0 Å². The Hall–Kier alpha value is 0. The molecule has 0 saturated heterocycles. The van der Waals surface area contributed by atoms with Crippen LogP contribution in [0.3, 0.4) is 0 Å². The summed E-state index contributed by atoms with van der Waals surface area (Å²) in [6.45, 7) is 17.4. The Morgan fingerprint density at radius 3 is 1.93 bits per heavy atom. The fourth-order valence-electron chi connectivity index (χ4n) is 4.72. The van der Waals surface area contributed by atoms with Gasteiger partial charge in [0.2, 0.25) is 0 Å². The van der Waals surface area contributed by atoms with Crippen molar-refractivity contribution >= 4 is 0 Å². The minimum atomic E-state index is 0.448. The molecule has 0 aliphatic heterocycles. The highest BCUT2D eigenvalue weighted by Crippen LogP contribution is 2.75. The van der Waals surface area contributed by atoms with Gasteiger partial charge in [-0.25, -0.2) is 0 Å².